The Bertz CT molecular complexity index is 542. The number of nitrogens with zero attached hydrogens (tertiary/aromatic N) is 2. The van der Waals surface area contributed by atoms with Gasteiger partial charge in [0.1, 0.15) is 0 Å². The van der Waals surface area contributed by atoms with Crippen molar-refractivity contribution in [1.29, 1.82) is 0 Å². The van der Waals surface area contributed by atoms with Crippen LogP contribution in [0, 0.1) is 0 Å². The van der Waals surface area contributed by atoms with Crippen LogP contribution in [0.5, 0.6) is 0 Å². The molecular formula is C12H14Cl2N3S2+. The number of hydrogen-bond donors (Lipinski definition) is 1. The normalized spacial score (nSPS) is 14.5. The molecule has 1 saturated heterocycles. The lowest BCUT2D eigenvalue weighted by Crippen LogP contribution is -2.23. The Kier molecular flexibility index (Phi) is 5.37. The third-order valence-corrected chi connectivity index (χ3v) is 4.91. The molecular weight excluding hydrogens is 321 g/mol. The fraction of sp³-hybridized carbons (Fsp3) is 0.333. The summed E-state index contributed by atoms with van der Waals surface area (Å²) in [6.45, 7) is 1.04. The summed E-state index contributed by atoms with van der Waals surface area (Å²) in [5, 5.41) is 6.22. The third-order valence-electron chi connectivity index (χ3n) is 2.55. The highest BCUT2D eigenvalue weighted by Gasteiger charge is 2.22. The fourth-order valence-corrected chi connectivity index (χ4v) is 3.27. The van der Waals surface area contributed by atoms with Gasteiger partial charge in [-0.2, -0.15) is 0 Å². The van der Waals surface area contributed by atoms with E-state index in [2.05, 4.69) is 21.9 Å². The van der Waals surface area contributed by atoms with E-state index in [1.165, 1.54) is 0 Å². The van der Waals surface area contributed by atoms with Gasteiger partial charge in [-0.05, 0) is 48.0 Å². The van der Waals surface area contributed by atoms with E-state index in [0.29, 0.717) is 10.0 Å². The summed E-state index contributed by atoms with van der Waals surface area (Å²) in [5.74, 6) is 1.09. The van der Waals surface area contributed by atoms with Gasteiger partial charge >= 0.3 is 10.3 Å². The Hall–Kier alpha value is -0.450. The molecule has 1 aliphatic rings. The molecule has 1 heterocycles. The van der Waals surface area contributed by atoms with Crippen molar-refractivity contribution in [2.45, 2.75) is 0 Å². The van der Waals surface area contributed by atoms with Gasteiger partial charge in [0.25, 0.3) is 0 Å². The monoisotopic (exact) mass is 334 g/mol. The van der Waals surface area contributed by atoms with E-state index in [4.69, 9.17) is 23.2 Å². The molecule has 0 spiro atoms. The molecule has 0 amide bonds. The highest BCUT2D eigenvalue weighted by molar-refractivity contribution is 8.14. The largest absolute Gasteiger partial charge is 0.350 e. The highest BCUT2D eigenvalue weighted by atomic mass is 35.5. The van der Waals surface area contributed by atoms with Gasteiger partial charge in [0.2, 0.25) is 0 Å². The number of halogens is 2. The number of nitrogens with one attached hydrogen (secondary N) is 1. The summed E-state index contributed by atoms with van der Waals surface area (Å²) >= 11 is 15.2. The van der Waals surface area contributed by atoms with Crippen molar-refractivity contribution in [2.24, 2.45) is 0 Å². The van der Waals surface area contributed by atoms with Crippen LogP contribution < -0.4 is 9.98 Å². The zero-order valence-corrected chi connectivity index (χ0v) is 13.8. The maximum atomic E-state index is 6.00. The van der Waals surface area contributed by atoms with Gasteiger partial charge in [0, 0.05) is 5.75 Å². The molecule has 19 heavy (non-hydrogen) atoms. The molecule has 0 aliphatic carbocycles. The molecule has 1 aromatic carbocycles. The molecule has 3 nitrogen and oxygen atoms in total. The molecule has 0 atom stereocenters. The molecule has 0 saturated carbocycles. The van der Waals surface area contributed by atoms with Crippen molar-refractivity contribution in [2.75, 3.05) is 30.9 Å². The zero-order chi connectivity index (χ0) is 13.8. The predicted octanol–water partition coefficient (Wildman–Crippen LogP) is 3.23. The molecule has 0 bridgehead atoms. The predicted molar refractivity (Wildman–Crippen MR) is 90.8 cm³/mol. The smallest absolute Gasteiger partial charge is 0.276 e. The Morgan fingerprint density at radius 2 is 2.21 bits per heavy atom. The summed E-state index contributed by atoms with van der Waals surface area (Å²) in [5.41, 5.74) is 0.883. The van der Waals surface area contributed by atoms with E-state index in [1.807, 2.05) is 12.3 Å². The van der Waals surface area contributed by atoms with Crippen LogP contribution in [0.4, 0.5) is 5.69 Å². The van der Waals surface area contributed by atoms with E-state index in [9.17, 15) is 0 Å². The van der Waals surface area contributed by atoms with Crippen LogP contribution in [0.3, 0.4) is 0 Å². The third kappa shape index (κ3) is 4.01. The number of hydrogen-bond acceptors (Lipinski definition) is 2. The lowest BCUT2D eigenvalue weighted by atomic mass is 10.3. The van der Waals surface area contributed by atoms with Crippen molar-refractivity contribution < 1.29 is 0 Å². The molecule has 0 aromatic heterocycles. The number of rotatable bonds is 1. The summed E-state index contributed by atoms with van der Waals surface area (Å²) < 4.78 is 4.62. The quantitative estimate of drug-likeness (QED) is 0.485. The topological polar surface area (TPSA) is 29.4 Å². The summed E-state index contributed by atoms with van der Waals surface area (Å²) in [6.07, 6.45) is 1.99. The average Bonchev–Trinajstić information content (AvgIpc) is 2.78. The first kappa shape index (κ1) is 14.9. The Morgan fingerprint density at radius 1 is 1.42 bits per heavy atom. The van der Waals surface area contributed by atoms with Gasteiger partial charge in [-0.15, -0.1) is 0 Å². The Balaban J connectivity index is 2.24. The van der Waals surface area contributed by atoms with E-state index < -0.39 is 0 Å². The highest BCUT2D eigenvalue weighted by Crippen LogP contribution is 2.25. The standard InChI is InChI=1S/C12H13Cl2N3S2/c1-17-5-6-19-12(17)16-11(18-2)15-8-3-4-9(13)10(14)7-8/h3-4,7H,5-6H2,1-2H3/p+1. The summed E-state index contributed by atoms with van der Waals surface area (Å²) in [7, 11) is 2.05. The summed E-state index contributed by atoms with van der Waals surface area (Å²) in [4.78, 5) is 2.15. The van der Waals surface area contributed by atoms with Crippen LogP contribution >= 0.6 is 46.7 Å². The lowest BCUT2D eigenvalue weighted by molar-refractivity contribution is 0.563. The van der Waals surface area contributed by atoms with E-state index >= 15 is 0 Å². The van der Waals surface area contributed by atoms with Crippen molar-refractivity contribution >= 4 is 62.7 Å². The number of benzene rings is 1. The van der Waals surface area contributed by atoms with Gasteiger partial charge in [0.15, 0.2) is 0 Å². The van der Waals surface area contributed by atoms with Crippen LogP contribution in [0.1, 0.15) is 0 Å². The fourth-order valence-electron chi connectivity index (χ4n) is 1.51. The molecule has 0 radical (unpaired) electrons. The molecule has 2 rings (SSSR count). The van der Waals surface area contributed by atoms with Gasteiger partial charge in [-0.25, -0.2) is 4.67 Å². The molecule has 0 unspecified atom stereocenters. The molecule has 1 aromatic rings. The molecule has 1 aliphatic heterocycles. The van der Waals surface area contributed by atoms with E-state index in [-0.39, 0.29) is 0 Å². The van der Waals surface area contributed by atoms with E-state index in [1.54, 1.807) is 35.7 Å². The first-order chi connectivity index (χ1) is 9.10. The Labute approximate surface area is 131 Å². The SMILES string of the molecule is CSC(=[N+]=C1SCCN1C)Nc1ccc(Cl)c(Cl)c1. The maximum absolute atomic E-state index is 6.00. The van der Waals surface area contributed by atoms with Crippen molar-refractivity contribution in [3.05, 3.63) is 28.2 Å². The van der Waals surface area contributed by atoms with Crippen molar-refractivity contribution in [1.82, 2.24) is 9.57 Å². The minimum atomic E-state index is 0.534. The van der Waals surface area contributed by atoms with Gasteiger partial charge < -0.3 is 0 Å². The van der Waals surface area contributed by atoms with Crippen LogP contribution in [0.15, 0.2) is 18.2 Å². The Morgan fingerprint density at radius 3 is 2.79 bits per heavy atom. The second kappa shape index (κ2) is 6.82. The number of thioether (sulfide) groups is 2. The van der Waals surface area contributed by atoms with Crippen LogP contribution in [0.2, 0.25) is 10.0 Å². The second-order valence-corrected chi connectivity index (χ2v) is 6.60. The van der Waals surface area contributed by atoms with Crippen molar-refractivity contribution in [3.8, 4) is 0 Å². The number of anilines is 1. The van der Waals surface area contributed by atoms with Crippen molar-refractivity contribution in [3.63, 3.8) is 0 Å². The molecule has 7 heteroatoms. The average molecular weight is 335 g/mol. The second-order valence-electron chi connectivity index (χ2n) is 3.93. The minimum Gasteiger partial charge on any atom is -0.276 e. The minimum absolute atomic E-state index is 0.534. The van der Waals surface area contributed by atoms with Gasteiger partial charge in [-0.1, -0.05) is 23.2 Å². The molecule has 1 N–H and O–H groups in total. The van der Waals surface area contributed by atoms with Gasteiger partial charge in [-0.3, -0.25) is 10.2 Å². The van der Waals surface area contributed by atoms with Crippen LogP contribution in [-0.4, -0.2) is 40.8 Å². The zero-order valence-electron chi connectivity index (χ0n) is 10.6. The summed E-state index contributed by atoms with van der Waals surface area (Å²) in [6, 6.07) is 5.45. The van der Waals surface area contributed by atoms with Crippen LogP contribution in [0.25, 0.3) is 0 Å². The van der Waals surface area contributed by atoms with E-state index in [0.717, 1.165) is 28.3 Å². The lowest BCUT2D eigenvalue weighted by Gasteiger charge is -2.02. The van der Waals surface area contributed by atoms with Gasteiger partial charge in [0.05, 0.1) is 29.3 Å². The number of amidine groups is 2. The van der Waals surface area contributed by atoms with Crippen LogP contribution in [-0.2, 0) is 0 Å². The maximum Gasteiger partial charge on any atom is 0.350 e. The molecule has 102 valence electrons. The first-order valence-corrected chi connectivity index (χ1v) is 8.62. The first-order valence-electron chi connectivity index (χ1n) is 5.66. The molecule has 1 fully saturated rings.